The van der Waals surface area contributed by atoms with Crippen LogP contribution in [0.15, 0.2) is 25.7 Å². The van der Waals surface area contributed by atoms with Crippen molar-refractivity contribution in [2.75, 3.05) is 13.2 Å². The summed E-state index contributed by atoms with van der Waals surface area (Å²) in [6, 6.07) is 0. The molecule has 0 aromatic rings. The minimum Gasteiger partial charge on any atom is -0.502 e. The van der Waals surface area contributed by atoms with E-state index in [1.165, 1.54) is 12.5 Å². The number of aliphatic carboxylic acids is 1. The summed E-state index contributed by atoms with van der Waals surface area (Å²) >= 11 is 0. The van der Waals surface area contributed by atoms with Crippen LogP contribution >= 0.6 is 0 Å². The zero-order valence-electron chi connectivity index (χ0n) is 18.1. The molecule has 0 atom stereocenters. The lowest BCUT2D eigenvalue weighted by atomic mass is 9.71. The van der Waals surface area contributed by atoms with Crippen LogP contribution in [0, 0.1) is 23.7 Å². The van der Waals surface area contributed by atoms with Crippen molar-refractivity contribution in [3.05, 3.63) is 25.7 Å². The maximum Gasteiger partial charge on any atom is 0.306 e. The van der Waals surface area contributed by atoms with Gasteiger partial charge in [-0.25, -0.2) is 0 Å². The van der Waals surface area contributed by atoms with Gasteiger partial charge >= 0.3 is 11.9 Å². The van der Waals surface area contributed by atoms with Gasteiger partial charge in [0.05, 0.1) is 25.7 Å². The third-order valence-corrected chi connectivity index (χ3v) is 6.65. The molecule has 2 fully saturated rings. The predicted octanol–water partition coefficient (Wildman–Crippen LogP) is 5.09. The number of hydrogen-bond donors (Lipinski definition) is 1. The molecule has 2 aliphatic carbocycles. The van der Waals surface area contributed by atoms with Crippen LogP contribution in [0.1, 0.15) is 70.6 Å². The Kier molecular flexibility index (Phi) is 10.8. The zero-order valence-corrected chi connectivity index (χ0v) is 18.1. The number of carbonyl (C=O) groups excluding carboxylic acids is 1. The Morgan fingerprint density at radius 3 is 1.70 bits per heavy atom. The van der Waals surface area contributed by atoms with E-state index in [2.05, 4.69) is 13.2 Å². The van der Waals surface area contributed by atoms with Crippen molar-refractivity contribution in [1.29, 1.82) is 0 Å². The van der Waals surface area contributed by atoms with Crippen molar-refractivity contribution in [2.24, 2.45) is 23.7 Å². The molecule has 0 spiro atoms. The molecule has 170 valence electrons. The van der Waals surface area contributed by atoms with Gasteiger partial charge in [-0.15, -0.1) is 0 Å². The van der Waals surface area contributed by atoms with Crippen molar-refractivity contribution >= 4 is 11.9 Å². The summed E-state index contributed by atoms with van der Waals surface area (Å²) in [6.07, 6.45) is 11.9. The molecule has 0 aliphatic heterocycles. The Balaban J connectivity index is 1.91. The van der Waals surface area contributed by atoms with Crippen molar-refractivity contribution in [1.82, 2.24) is 0 Å². The Bertz CT molecular complexity index is 512. The third kappa shape index (κ3) is 8.41. The Morgan fingerprint density at radius 1 is 0.833 bits per heavy atom. The molecule has 2 rings (SSSR count). The summed E-state index contributed by atoms with van der Waals surface area (Å²) in [6.45, 7) is 8.65. The topological polar surface area (TPSA) is 82.1 Å². The van der Waals surface area contributed by atoms with Crippen molar-refractivity contribution in [2.45, 2.75) is 76.7 Å². The van der Waals surface area contributed by atoms with Crippen LogP contribution in [0.3, 0.4) is 0 Å². The van der Waals surface area contributed by atoms with Gasteiger partial charge in [0.2, 0.25) is 0 Å². The van der Waals surface area contributed by atoms with E-state index in [4.69, 9.17) is 19.3 Å². The van der Waals surface area contributed by atoms with Crippen LogP contribution in [-0.2, 0) is 23.8 Å². The first-order valence-corrected chi connectivity index (χ1v) is 11.4. The van der Waals surface area contributed by atoms with Gasteiger partial charge in [0.15, 0.2) is 0 Å². The highest BCUT2D eigenvalue weighted by atomic mass is 16.5. The number of hydrogen-bond acceptors (Lipinski definition) is 5. The smallest absolute Gasteiger partial charge is 0.306 e. The van der Waals surface area contributed by atoms with Gasteiger partial charge < -0.3 is 19.3 Å². The highest BCUT2D eigenvalue weighted by Crippen LogP contribution is 2.40. The van der Waals surface area contributed by atoms with Gasteiger partial charge in [0.25, 0.3) is 0 Å². The summed E-state index contributed by atoms with van der Waals surface area (Å²) in [7, 11) is 0. The minimum atomic E-state index is -0.875. The maximum atomic E-state index is 12.5. The lowest BCUT2D eigenvalue weighted by Crippen LogP contribution is -2.38. The second-order valence-corrected chi connectivity index (χ2v) is 8.76. The number of carboxylic acid groups (broad SMARTS) is 1. The zero-order chi connectivity index (χ0) is 21.8. The number of esters is 1. The molecule has 0 heterocycles. The Hall–Kier alpha value is -1.98. The Labute approximate surface area is 180 Å². The van der Waals surface area contributed by atoms with Crippen LogP contribution in [0.5, 0.6) is 0 Å². The standard InChI is InChI=1S/C24H38O6/c1-3-28-16-18-8-12-20(13-9-18)24(30-23(27)7-5-6-22(25)26)21-14-10-19(11-15-21)17-29-4-2/h3-4,18-21,24H,1-2,5-17H2,(H,25,26). The predicted molar refractivity (Wildman–Crippen MR) is 115 cm³/mol. The van der Waals surface area contributed by atoms with Crippen molar-refractivity contribution in [3.8, 4) is 0 Å². The number of ether oxygens (including phenoxy) is 3. The first-order chi connectivity index (χ1) is 14.5. The van der Waals surface area contributed by atoms with Gasteiger partial charge in [0, 0.05) is 12.8 Å². The third-order valence-electron chi connectivity index (χ3n) is 6.65. The number of carboxylic acids is 1. The molecule has 2 saturated carbocycles. The van der Waals surface area contributed by atoms with Crippen molar-refractivity contribution in [3.63, 3.8) is 0 Å². The second-order valence-electron chi connectivity index (χ2n) is 8.76. The summed E-state index contributed by atoms with van der Waals surface area (Å²) < 4.78 is 16.8. The van der Waals surface area contributed by atoms with E-state index >= 15 is 0 Å². The molecule has 0 saturated heterocycles. The van der Waals surface area contributed by atoms with Crippen LogP contribution < -0.4 is 0 Å². The molecule has 0 bridgehead atoms. The molecule has 0 radical (unpaired) electrons. The molecular weight excluding hydrogens is 384 g/mol. The van der Waals surface area contributed by atoms with Crippen LogP contribution in [0.4, 0.5) is 0 Å². The fraction of sp³-hybridized carbons (Fsp3) is 0.750. The average molecular weight is 423 g/mol. The highest BCUT2D eigenvalue weighted by molar-refractivity contribution is 5.71. The second kappa shape index (κ2) is 13.3. The first-order valence-electron chi connectivity index (χ1n) is 11.4. The molecule has 0 aromatic carbocycles. The molecule has 2 aliphatic rings. The fourth-order valence-electron chi connectivity index (χ4n) is 4.95. The fourth-order valence-corrected chi connectivity index (χ4v) is 4.95. The largest absolute Gasteiger partial charge is 0.502 e. The lowest BCUT2D eigenvalue weighted by Gasteiger charge is -2.40. The molecule has 6 heteroatoms. The van der Waals surface area contributed by atoms with E-state index in [0.717, 1.165) is 51.4 Å². The van der Waals surface area contributed by atoms with Crippen LogP contribution in [0.2, 0.25) is 0 Å². The highest BCUT2D eigenvalue weighted by Gasteiger charge is 2.37. The van der Waals surface area contributed by atoms with Gasteiger partial charge in [-0.2, -0.15) is 0 Å². The molecule has 1 N–H and O–H groups in total. The quantitative estimate of drug-likeness (QED) is 0.329. The van der Waals surface area contributed by atoms with E-state index < -0.39 is 5.97 Å². The van der Waals surface area contributed by atoms with E-state index in [9.17, 15) is 9.59 Å². The van der Waals surface area contributed by atoms with E-state index in [0.29, 0.717) is 43.3 Å². The molecule has 30 heavy (non-hydrogen) atoms. The number of carbonyl (C=O) groups is 2. The Morgan fingerprint density at radius 2 is 1.30 bits per heavy atom. The maximum absolute atomic E-state index is 12.5. The average Bonchev–Trinajstić information content (AvgIpc) is 2.75. The summed E-state index contributed by atoms with van der Waals surface area (Å²) in [5, 5.41) is 8.80. The van der Waals surface area contributed by atoms with E-state index in [1.807, 2.05) is 0 Å². The van der Waals surface area contributed by atoms with Crippen LogP contribution in [0.25, 0.3) is 0 Å². The normalized spacial score (nSPS) is 27.5. The minimum absolute atomic E-state index is 0.00257. The molecule has 0 amide bonds. The lowest BCUT2D eigenvalue weighted by molar-refractivity contribution is -0.158. The first kappa shape index (κ1) is 24.3. The summed E-state index contributed by atoms with van der Waals surface area (Å²) in [5.74, 6) is 0.699. The van der Waals surface area contributed by atoms with Gasteiger partial charge in [-0.1, -0.05) is 13.2 Å². The van der Waals surface area contributed by atoms with Gasteiger partial charge in [-0.3, -0.25) is 9.59 Å². The van der Waals surface area contributed by atoms with E-state index in [1.54, 1.807) is 0 Å². The summed E-state index contributed by atoms with van der Waals surface area (Å²) in [4.78, 5) is 23.2. The summed E-state index contributed by atoms with van der Waals surface area (Å²) in [5.41, 5.74) is 0. The molecule has 0 aromatic heterocycles. The monoisotopic (exact) mass is 422 g/mol. The van der Waals surface area contributed by atoms with Gasteiger partial charge in [-0.05, 0) is 81.5 Å². The van der Waals surface area contributed by atoms with Crippen LogP contribution in [-0.4, -0.2) is 36.4 Å². The molecule has 6 nitrogen and oxygen atoms in total. The molecular formula is C24H38O6. The SMILES string of the molecule is C=COCC1CCC(C(OC(=O)CCCC(=O)O)C2CCC(COC=C)CC2)CC1. The van der Waals surface area contributed by atoms with Crippen molar-refractivity contribution < 1.29 is 28.9 Å². The molecule has 0 unspecified atom stereocenters. The number of rotatable bonds is 13. The van der Waals surface area contributed by atoms with E-state index in [-0.39, 0.29) is 24.9 Å². The van der Waals surface area contributed by atoms with Gasteiger partial charge in [0.1, 0.15) is 6.10 Å².